The van der Waals surface area contributed by atoms with Gasteiger partial charge in [-0.1, -0.05) is 30.3 Å². The number of H-pyrrole nitrogens is 1. The summed E-state index contributed by atoms with van der Waals surface area (Å²) in [4.78, 5) is 27.7. The van der Waals surface area contributed by atoms with E-state index >= 15 is 0 Å². The fourth-order valence-electron chi connectivity index (χ4n) is 3.86. The van der Waals surface area contributed by atoms with Crippen LogP contribution in [0.2, 0.25) is 0 Å². The fourth-order valence-corrected chi connectivity index (χ4v) is 3.86. The highest BCUT2D eigenvalue weighted by Gasteiger charge is 2.47. The van der Waals surface area contributed by atoms with Crippen molar-refractivity contribution in [3.05, 3.63) is 42.1 Å². The minimum absolute atomic E-state index is 0.153. The number of carbonyl (C=O) groups is 2. The van der Waals surface area contributed by atoms with Gasteiger partial charge in [-0.2, -0.15) is 5.10 Å². The Morgan fingerprint density at radius 1 is 1.33 bits per heavy atom. The van der Waals surface area contributed by atoms with Crippen LogP contribution in [-0.4, -0.2) is 64.4 Å². The van der Waals surface area contributed by atoms with Crippen LogP contribution in [0.15, 0.2) is 36.5 Å². The van der Waals surface area contributed by atoms with Crippen LogP contribution >= 0.6 is 0 Å². The van der Waals surface area contributed by atoms with E-state index in [1.54, 1.807) is 23.0 Å². The number of carbonyl (C=O) groups excluding carboxylic acids is 2. The van der Waals surface area contributed by atoms with E-state index in [1.165, 1.54) is 0 Å². The van der Waals surface area contributed by atoms with Crippen molar-refractivity contribution in [1.82, 2.24) is 25.3 Å². The molecule has 1 spiro atoms. The Morgan fingerprint density at radius 2 is 2.15 bits per heavy atom. The van der Waals surface area contributed by atoms with Gasteiger partial charge >= 0.3 is 12.1 Å². The highest BCUT2D eigenvalue weighted by Crippen LogP contribution is 2.31. The number of aromatic amines is 1. The van der Waals surface area contributed by atoms with Crippen molar-refractivity contribution in [1.29, 1.82) is 0 Å². The normalized spacial score (nSPS) is 22.2. The number of likely N-dealkylation sites (tertiary alicyclic amines) is 1. The first-order valence-corrected chi connectivity index (χ1v) is 9.11. The van der Waals surface area contributed by atoms with Crippen molar-refractivity contribution >= 4 is 12.1 Å². The lowest BCUT2D eigenvalue weighted by atomic mass is 9.93. The van der Waals surface area contributed by atoms with Gasteiger partial charge in [-0.15, -0.1) is 0 Å². The van der Waals surface area contributed by atoms with Crippen molar-refractivity contribution in [2.75, 3.05) is 26.7 Å². The van der Waals surface area contributed by atoms with Gasteiger partial charge in [0.25, 0.3) is 0 Å². The van der Waals surface area contributed by atoms with E-state index in [0.717, 1.165) is 29.7 Å². The zero-order valence-electron chi connectivity index (χ0n) is 15.3. The lowest BCUT2D eigenvalue weighted by Crippen LogP contribution is -2.54. The summed E-state index contributed by atoms with van der Waals surface area (Å²) in [5.74, 6) is 0. The lowest BCUT2D eigenvalue weighted by molar-refractivity contribution is 0.00318. The summed E-state index contributed by atoms with van der Waals surface area (Å²) in [5.41, 5.74) is 2.27. The van der Waals surface area contributed by atoms with Crippen molar-refractivity contribution in [2.24, 2.45) is 0 Å². The molecule has 1 aromatic heterocycles. The Morgan fingerprint density at radius 3 is 2.89 bits per heavy atom. The number of hydrogen-bond acceptors (Lipinski definition) is 4. The molecule has 0 bridgehead atoms. The first kappa shape index (κ1) is 17.4. The molecule has 142 valence electrons. The first-order chi connectivity index (χ1) is 13.1. The Balaban J connectivity index is 1.39. The molecule has 8 nitrogen and oxygen atoms in total. The quantitative estimate of drug-likeness (QED) is 0.868. The number of benzene rings is 1. The van der Waals surface area contributed by atoms with Crippen LogP contribution in [0.4, 0.5) is 9.59 Å². The topological polar surface area (TPSA) is 90.6 Å². The molecule has 3 heterocycles. The van der Waals surface area contributed by atoms with E-state index in [9.17, 15) is 9.59 Å². The van der Waals surface area contributed by atoms with Gasteiger partial charge in [-0.05, 0) is 18.4 Å². The monoisotopic (exact) mass is 369 g/mol. The van der Waals surface area contributed by atoms with Crippen LogP contribution in [-0.2, 0) is 11.3 Å². The average molecular weight is 369 g/mol. The van der Waals surface area contributed by atoms with Gasteiger partial charge in [0, 0.05) is 25.7 Å². The molecule has 4 rings (SSSR count). The molecule has 2 aliphatic heterocycles. The van der Waals surface area contributed by atoms with Gasteiger partial charge in [0.15, 0.2) is 0 Å². The molecule has 2 aliphatic rings. The van der Waals surface area contributed by atoms with E-state index in [0.29, 0.717) is 26.2 Å². The zero-order chi connectivity index (χ0) is 18.9. The molecule has 1 atom stereocenters. The molecular formula is C19H23N5O3. The lowest BCUT2D eigenvalue weighted by Gasteiger charge is -2.38. The maximum Gasteiger partial charge on any atom is 0.410 e. The Bertz CT molecular complexity index is 837. The Hall–Kier alpha value is -3.03. The third-order valence-electron chi connectivity index (χ3n) is 5.18. The molecule has 2 N–H and O–H groups in total. The van der Waals surface area contributed by atoms with Crippen molar-refractivity contribution < 1.29 is 14.3 Å². The summed E-state index contributed by atoms with van der Waals surface area (Å²) in [6.45, 7) is 1.98. The number of nitrogens with one attached hydrogen (secondary N) is 2. The molecule has 2 aromatic rings. The van der Waals surface area contributed by atoms with Gasteiger partial charge in [0.05, 0.1) is 25.0 Å². The second kappa shape index (κ2) is 6.94. The number of amides is 3. The van der Waals surface area contributed by atoms with E-state index in [-0.39, 0.29) is 12.1 Å². The Labute approximate surface area is 157 Å². The maximum absolute atomic E-state index is 12.7. The molecule has 27 heavy (non-hydrogen) atoms. The third kappa shape index (κ3) is 3.47. The average Bonchev–Trinajstić information content (AvgIpc) is 3.25. The number of hydrogen-bond donors (Lipinski definition) is 2. The van der Waals surface area contributed by atoms with Crippen LogP contribution in [0.3, 0.4) is 0 Å². The molecule has 0 saturated carbocycles. The first-order valence-electron chi connectivity index (χ1n) is 9.11. The predicted octanol–water partition coefficient (Wildman–Crippen LogP) is 2.20. The molecule has 3 amide bonds. The molecule has 0 radical (unpaired) electrons. The highest BCUT2D eigenvalue weighted by atomic mass is 16.6. The van der Waals surface area contributed by atoms with Crippen molar-refractivity contribution in [3.63, 3.8) is 0 Å². The predicted molar refractivity (Wildman–Crippen MR) is 98.9 cm³/mol. The number of aromatic nitrogens is 2. The molecule has 0 unspecified atom stereocenters. The second-order valence-electron chi connectivity index (χ2n) is 7.23. The van der Waals surface area contributed by atoms with Crippen LogP contribution < -0.4 is 5.32 Å². The Kier molecular flexibility index (Phi) is 4.47. The molecule has 0 aliphatic carbocycles. The summed E-state index contributed by atoms with van der Waals surface area (Å²) in [7, 11) is 1.72. The molecule has 8 heteroatoms. The maximum atomic E-state index is 12.7. The number of nitrogens with zero attached hydrogens (tertiary/aromatic N) is 3. The van der Waals surface area contributed by atoms with Crippen LogP contribution in [0.1, 0.15) is 18.4 Å². The fraction of sp³-hybridized carbons (Fsp3) is 0.421. The van der Waals surface area contributed by atoms with Crippen LogP contribution in [0, 0.1) is 0 Å². The number of urea groups is 1. The minimum Gasteiger partial charge on any atom is -0.439 e. The SMILES string of the molecule is CN1C[C@@]2(CCCN(C(=O)NCc3cn[nH]c3-c3ccccc3)C2)OC1=O. The summed E-state index contributed by atoms with van der Waals surface area (Å²) in [6, 6.07) is 9.73. The zero-order valence-corrected chi connectivity index (χ0v) is 15.3. The van der Waals surface area contributed by atoms with Crippen molar-refractivity contribution in [2.45, 2.75) is 25.0 Å². The number of rotatable bonds is 3. The number of likely N-dealkylation sites (N-methyl/N-ethyl adjacent to an activating group) is 1. The van der Waals surface area contributed by atoms with E-state index in [1.807, 2.05) is 30.3 Å². The summed E-state index contributed by atoms with van der Waals surface area (Å²) in [5, 5.41) is 10.1. The van der Waals surface area contributed by atoms with Gasteiger partial charge in [0.2, 0.25) is 0 Å². The summed E-state index contributed by atoms with van der Waals surface area (Å²) < 4.78 is 5.56. The second-order valence-corrected chi connectivity index (χ2v) is 7.23. The highest BCUT2D eigenvalue weighted by molar-refractivity contribution is 5.75. The van der Waals surface area contributed by atoms with Gasteiger partial charge in [-0.3, -0.25) is 5.10 Å². The van der Waals surface area contributed by atoms with E-state index < -0.39 is 5.60 Å². The molecule has 1 aromatic carbocycles. The number of piperidine rings is 1. The van der Waals surface area contributed by atoms with Crippen molar-refractivity contribution in [3.8, 4) is 11.3 Å². The smallest absolute Gasteiger partial charge is 0.410 e. The molecule has 2 fully saturated rings. The van der Waals surface area contributed by atoms with E-state index in [4.69, 9.17) is 4.74 Å². The number of ether oxygens (including phenoxy) is 1. The largest absolute Gasteiger partial charge is 0.439 e. The van der Waals surface area contributed by atoms with E-state index in [2.05, 4.69) is 15.5 Å². The molecular weight excluding hydrogens is 346 g/mol. The standard InChI is InChI=1S/C19H23N5O3/c1-23-12-19(27-18(23)26)8-5-9-24(13-19)17(25)20-10-15-11-21-22-16(15)14-6-3-2-4-7-14/h2-4,6-7,11H,5,8-10,12-13H2,1H3,(H,20,25)(H,21,22)/t19-/m1/s1. The summed E-state index contributed by atoms with van der Waals surface area (Å²) in [6.07, 6.45) is 3.01. The van der Waals surface area contributed by atoms with Gasteiger partial charge in [0.1, 0.15) is 5.60 Å². The minimum atomic E-state index is -0.577. The molecule has 2 saturated heterocycles. The van der Waals surface area contributed by atoms with Gasteiger partial charge < -0.3 is 19.9 Å². The third-order valence-corrected chi connectivity index (χ3v) is 5.18. The summed E-state index contributed by atoms with van der Waals surface area (Å²) >= 11 is 0. The van der Waals surface area contributed by atoms with Crippen LogP contribution in [0.25, 0.3) is 11.3 Å². The van der Waals surface area contributed by atoms with Gasteiger partial charge in [-0.25, -0.2) is 9.59 Å². The van der Waals surface area contributed by atoms with Crippen LogP contribution in [0.5, 0.6) is 0 Å².